The maximum atomic E-state index is 12.0. The van der Waals surface area contributed by atoms with E-state index in [1.807, 2.05) is 12.2 Å². The molecule has 0 aliphatic carbocycles. The lowest BCUT2D eigenvalue weighted by atomic mass is 10.1. The molecule has 20 heavy (non-hydrogen) atoms. The first kappa shape index (κ1) is 12.7. The Bertz CT molecular complexity index is 647. The summed E-state index contributed by atoms with van der Waals surface area (Å²) in [5.74, 6) is 0.260. The van der Waals surface area contributed by atoms with Gasteiger partial charge in [0.05, 0.1) is 5.56 Å². The molecule has 0 bridgehead atoms. The summed E-state index contributed by atoms with van der Waals surface area (Å²) in [5.41, 5.74) is 6.80. The van der Waals surface area contributed by atoms with Gasteiger partial charge in [0.1, 0.15) is 16.9 Å². The number of likely N-dealkylation sites (N-methyl/N-ethyl adjacent to an activating group) is 1. The van der Waals surface area contributed by atoms with Crippen molar-refractivity contribution in [2.24, 2.45) is 5.73 Å². The molecule has 7 heteroatoms. The van der Waals surface area contributed by atoms with Gasteiger partial charge in [-0.2, -0.15) is 0 Å². The average molecular weight is 290 g/mol. The van der Waals surface area contributed by atoms with Crippen LogP contribution in [-0.2, 0) is 4.79 Å². The maximum Gasteiger partial charge on any atom is 0.251 e. The molecular formula is C13H14N4O2S. The summed E-state index contributed by atoms with van der Waals surface area (Å²) in [4.78, 5) is 24.9. The number of fused-ring (bicyclic) bond motifs is 1. The fourth-order valence-electron chi connectivity index (χ4n) is 2.32. The van der Waals surface area contributed by atoms with E-state index in [0.717, 1.165) is 5.57 Å². The largest absolute Gasteiger partial charge is 0.366 e. The third kappa shape index (κ3) is 2.05. The topological polar surface area (TPSA) is 87.5 Å². The summed E-state index contributed by atoms with van der Waals surface area (Å²) in [6.07, 6.45) is 3.80. The summed E-state index contributed by atoms with van der Waals surface area (Å²) in [6, 6.07) is 1.36. The highest BCUT2D eigenvalue weighted by Crippen LogP contribution is 2.26. The van der Waals surface area contributed by atoms with Crippen molar-refractivity contribution in [3.63, 3.8) is 0 Å². The van der Waals surface area contributed by atoms with Gasteiger partial charge in [0.15, 0.2) is 0 Å². The molecule has 0 saturated carbocycles. The maximum absolute atomic E-state index is 12.0. The van der Waals surface area contributed by atoms with Gasteiger partial charge in [0, 0.05) is 13.6 Å². The number of carbonyl (C=O) groups is 2. The molecule has 0 radical (unpaired) electrons. The van der Waals surface area contributed by atoms with E-state index in [1.54, 1.807) is 23.4 Å². The van der Waals surface area contributed by atoms with Gasteiger partial charge in [-0.3, -0.25) is 9.59 Å². The highest BCUT2D eigenvalue weighted by molar-refractivity contribution is 7.14. The molecule has 104 valence electrons. The molecule has 2 aliphatic heterocycles. The number of thiophene rings is 1. The summed E-state index contributed by atoms with van der Waals surface area (Å²) in [6.45, 7) is 0.645. The Morgan fingerprint density at radius 3 is 3.10 bits per heavy atom. The van der Waals surface area contributed by atoms with Crippen LogP contribution in [0, 0.1) is 0 Å². The van der Waals surface area contributed by atoms with E-state index in [0.29, 0.717) is 22.9 Å². The van der Waals surface area contributed by atoms with E-state index < -0.39 is 5.91 Å². The molecule has 1 atom stereocenters. The van der Waals surface area contributed by atoms with Crippen molar-refractivity contribution < 1.29 is 9.59 Å². The highest BCUT2D eigenvalue weighted by Gasteiger charge is 2.35. The van der Waals surface area contributed by atoms with E-state index in [-0.39, 0.29) is 11.9 Å². The van der Waals surface area contributed by atoms with E-state index in [1.165, 1.54) is 11.3 Å². The minimum atomic E-state index is -0.474. The Hall–Kier alpha value is -2.28. The first-order chi connectivity index (χ1) is 9.56. The molecule has 0 spiro atoms. The third-order valence-corrected chi connectivity index (χ3v) is 4.19. The number of nitrogens with two attached hydrogens (primary N) is 1. The molecule has 3 heterocycles. The summed E-state index contributed by atoms with van der Waals surface area (Å²) < 4.78 is 0. The molecule has 3 rings (SSSR count). The Morgan fingerprint density at radius 1 is 1.55 bits per heavy atom. The first-order valence-corrected chi connectivity index (χ1v) is 7.01. The quantitative estimate of drug-likeness (QED) is 0.755. The van der Waals surface area contributed by atoms with Crippen molar-refractivity contribution >= 4 is 28.2 Å². The van der Waals surface area contributed by atoms with Gasteiger partial charge in [0.2, 0.25) is 5.91 Å². The monoisotopic (exact) mass is 290 g/mol. The molecule has 1 unspecified atom stereocenters. The number of rotatable bonds is 3. The van der Waals surface area contributed by atoms with Gasteiger partial charge in [-0.1, -0.05) is 6.08 Å². The van der Waals surface area contributed by atoms with Crippen LogP contribution >= 0.6 is 11.3 Å². The fraction of sp³-hybridized carbons (Fsp3) is 0.231. The molecule has 4 N–H and O–H groups in total. The second-order valence-electron chi connectivity index (χ2n) is 4.75. The van der Waals surface area contributed by atoms with E-state index >= 15 is 0 Å². The lowest BCUT2D eigenvalue weighted by molar-refractivity contribution is -0.128. The van der Waals surface area contributed by atoms with Gasteiger partial charge in [0.25, 0.3) is 5.91 Å². The zero-order valence-corrected chi connectivity index (χ0v) is 11.7. The van der Waals surface area contributed by atoms with Crippen LogP contribution in [-0.4, -0.2) is 36.3 Å². The number of hydrogen-bond acceptors (Lipinski definition) is 5. The Kier molecular flexibility index (Phi) is 2.98. The first-order valence-electron chi connectivity index (χ1n) is 6.13. The van der Waals surface area contributed by atoms with Crippen molar-refractivity contribution in [2.75, 3.05) is 18.9 Å². The van der Waals surface area contributed by atoms with Gasteiger partial charge in [-0.25, -0.2) is 0 Å². The van der Waals surface area contributed by atoms with Crippen molar-refractivity contribution in [2.45, 2.75) is 6.04 Å². The van der Waals surface area contributed by atoms with Gasteiger partial charge < -0.3 is 21.3 Å². The molecular weight excluding hydrogens is 276 g/mol. The zero-order chi connectivity index (χ0) is 14.3. The van der Waals surface area contributed by atoms with E-state index in [9.17, 15) is 9.59 Å². The Labute approximate surface area is 119 Å². The molecule has 2 aliphatic rings. The Balaban J connectivity index is 1.79. The normalized spacial score (nSPS) is 20.9. The second-order valence-corrected chi connectivity index (χ2v) is 5.66. The number of hydrogen-bond donors (Lipinski definition) is 3. The van der Waals surface area contributed by atoms with Crippen LogP contribution in [0.15, 0.2) is 35.0 Å². The van der Waals surface area contributed by atoms with Crippen molar-refractivity contribution in [3.8, 4) is 0 Å². The number of amides is 2. The zero-order valence-electron chi connectivity index (χ0n) is 10.8. The smallest absolute Gasteiger partial charge is 0.251 e. The highest BCUT2D eigenvalue weighted by atomic mass is 32.1. The molecule has 1 aromatic rings. The number of nitrogens with one attached hydrogen (secondary N) is 2. The SMILES string of the molecule is CN1CC2=CC=C(Nc3sccc3C(N)=O)NC2C1=O. The van der Waals surface area contributed by atoms with Crippen molar-refractivity contribution in [1.82, 2.24) is 10.2 Å². The van der Waals surface area contributed by atoms with Crippen LogP contribution < -0.4 is 16.4 Å². The molecule has 1 aromatic heterocycles. The van der Waals surface area contributed by atoms with Crippen LogP contribution in [0.2, 0.25) is 0 Å². The number of primary amides is 1. The van der Waals surface area contributed by atoms with Gasteiger partial charge in [-0.15, -0.1) is 11.3 Å². The van der Waals surface area contributed by atoms with Gasteiger partial charge in [-0.05, 0) is 23.1 Å². The summed E-state index contributed by atoms with van der Waals surface area (Å²) in [7, 11) is 1.78. The van der Waals surface area contributed by atoms with E-state index in [2.05, 4.69) is 10.6 Å². The van der Waals surface area contributed by atoms with Crippen LogP contribution in [0.3, 0.4) is 0 Å². The average Bonchev–Trinajstić information content (AvgIpc) is 2.97. The van der Waals surface area contributed by atoms with Crippen LogP contribution in [0.25, 0.3) is 0 Å². The molecule has 1 fully saturated rings. The van der Waals surface area contributed by atoms with Crippen LogP contribution in [0.1, 0.15) is 10.4 Å². The molecule has 2 amide bonds. The summed E-state index contributed by atoms with van der Waals surface area (Å²) >= 11 is 1.39. The number of nitrogens with zero attached hydrogens (tertiary/aromatic N) is 1. The number of anilines is 1. The second kappa shape index (κ2) is 4.68. The van der Waals surface area contributed by atoms with Crippen molar-refractivity contribution in [1.29, 1.82) is 0 Å². The summed E-state index contributed by atoms with van der Waals surface area (Å²) in [5, 5.41) is 8.72. The minimum Gasteiger partial charge on any atom is -0.366 e. The lowest BCUT2D eigenvalue weighted by Crippen LogP contribution is -2.40. The number of allylic oxidation sites excluding steroid dienone is 2. The standard InChI is InChI=1S/C13H14N4O2S/c1-17-6-7-2-3-9(15-10(7)13(17)19)16-12-8(11(14)18)4-5-20-12/h2-5,10,15-16H,6H2,1H3,(H2,14,18). The fourth-order valence-corrected chi connectivity index (χ4v) is 3.12. The predicted octanol–water partition coefficient (Wildman–Crippen LogP) is 0.471. The number of carbonyl (C=O) groups excluding carboxylic acids is 2. The predicted molar refractivity (Wildman–Crippen MR) is 77.2 cm³/mol. The Morgan fingerprint density at radius 2 is 2.35 bits per heavy atom. The number of dihydropyridines is 1. The van der Waals surface area contributed by atoms with Crippen molar-refractivity contribution in [3.05, 3.63) is 40.6 Å². The van der Waals surface area contributed by atoms with Gasteiger partial charge >= 0.3 is 0 Å². The molecule has 1 saturated heterocycles. The third-order valence-electron chi connectivity index (χ3n) is 3.36. The molecule has 6 nitrogen and oxygen atoms in total. The lowest BCUT2D eigenvalue weighted by Gasteiger charge is -2.21. The van der Waals surface area contributed by atoms with E-state index in [4.69, 9.17) is 5.73 Å². The van der Waals surface area contributed by atoms with Crippen LogP contribution in [0.4, 0.5) is 5.00 Å². The number of likely N-dealkylation sites (tertiary alicyclic amines) is 1. The molecule has 0 aromatic carbocycles. The van der Waals surface area contributed by atoms with Crippen LogP contribution in [0.5, 0.6) is 0 Å². The minimum absolute atomic E-state index is 0.0463.